The lowest BCUT2D eigenvalue weighted by Crippen LogP contribution is -2.36. The molecule has 1 aromatic heterocycles. The number of fused-ring (bicyclic) bond motifs is 3. The number of aromatic nitrogens is 1. The number of H-pyrrole nitrogens is 1. The lowest BCUT2D eigenvalue weighted by Gasteiger charge is -2.27. The number of rotatable bonds is 7. The second kappa shape index (κ2) is 8.46. The monoisotopic (exact) mass is 371 g/mol. The van der Waals surface area contributed by atoms with Crippen LogP contribution in [-0.4, -0.2) is 41.9 Å². The van der Waals surface area contributed by atoms with Crippen molar-refractivity contribution in [1.82, 2.24) is 15.2 Å². The van der Waals surface area contributed by atoms with Crippen molar-refractivity contribution in [2.45, 2.75) is 46.1 Å². The molecule has 146 valence electrons. The van der Waals surface area contributed by atoms with Crippen LogP contribution in [0.1, 0.15) is 44.4 Å². The van der Waals surface area contributed by atoms with E-state index in [2.05, 4.69) is 24.1 Å². The van der Waals surface area contributed by atoms with Gasteiger partial charge in [0.1, 0.15) is 5.75 Å². The molecule has 2 heterocycles. The predicted octanol–water partition coefficient (Wildman–Crippen LogP) is 3.00. The third-order valence-corrected chi connectivity index (χ3v) is 5.14. The largest absolute Gasteiger partial charge is 0.497 e. The number of nitrogens with one attached hydrogen (secondary N) is 2. The molecule has 6 heteroatoms. The average molecular weight is 371 g/mol. The van der Waals surface area contributed by atoms with E-state index in [9.17, 15) is 9.59 Å². The number of carbonyl (C=O) groups is 2. The van der Waals surface area contributed by atoms with E-state index in [4.69, 9.17) is 4.74 Å². The van der Waals surface area contributed by atoms with Crippen LogP contribution in [0.2, 0.25) is 0 Å². The van der Waals surface area contributed by atoms with Crippen molar-refractivity contribution in [3.05, 3.63) is 29.5 Å². The first-order valence-electron chi connectivity index (χ1n) is 9.70. The first kappa shape index (κ1) is 19.3. The van der Waals surface area contributed by atoms with Crippen LogP contribution in [0.15, 0.2) is 18.2 Å². The Balaban J connectivity index is 1.58. The van der Waals surface area contributed by atoms with E-state index in [0.29, 0.717) is 25.6 Å². The van der Waals surface area contributed by atoms with Gasteiger partial charge in [-0.1, -0.05) is 13.8 Å². The Morgan fingerprint density at radius 1 is 1.30 bits per heavy atom. The zero-order chi connectivity index (χ0) is 19.4. The van der Waals surface area contributed by atoms with E-state index in [1.54, 1.807) is 7.11 Å². The molecular weight excluding hydrogens is 342 g/mol. The second-order valence-corrected chi connectivity index (χ2v) is 7.59. The molecular formula is C21H29N3O3. The number of aromatic amines is 1. The van der Waals surface area contributed by atoms with E-state index in [1.165, 1.54) is 5.69 Å². The van der Waals surface area contributed by atoms with Gasteiger partial charge >= 0.3 is 0 Å². The Morgan fingerprint density at radius 3 is 2.85 bits per heavy atom. The molecule has 1 aliphatic rings. The average Bonchev–Trinajstić information content (AvgIpc) is 3.02. The molecule has 3 rings (SSSR count). The van der Waals surface area contributed by atoms with Gasteiger partial charge in [0.05, 0.1) is 7.11 Å². The first-order chi connectivity index (χ1) is 13.0. The molecule has 0 bridgehead atoms. The highest BCUT2D eigenvalue weighted by atomic mass is 16.5. The fourth-order valence-electron chi connectivity index (χ4n) is 3.50. The quantitative estimate of drug-likeness (QED) is 0.786. The van der Waals surface area contributed by atoms with Gasteiger partial charge in [-0.25, -0.2) is 0 Å². The van der Waals surface area contributed by atoms with E-state index >= 15 is 0 Å². The molecule has 0 fully saturated rings. The van der Waals surface area contributed by atoms with Crippen molar-refractivity contribution in [2.75, 3.05) is 20.2 Å². The summed E-state index contributed by atoms with van der Waals surface area (Å²) in [5.74, 6) is 1.37. The number of ether oxygens (including phenoxy) is 1. The van der Waals surface area contributed by atoms with Gasteiger partial charge in [-0.15, -0.1) is 0 Å². The fourth-order valence-corrected chi connectivity index (χ4v) is 3.50. The molecule has 27 heavy (non-hydrogen) atoms. The summed E-state index contributed by atoms with van der Waals surface area (Å²) in [5.41, 5.74) is 3.42. The van der Waals surface area contributed by atoms with Gasteiger partial charge in [-0.2, -0.15) is 0 Å². The molecule has 6 nitrogen and oxygen atoms in total. The number of methoxy groups -OCH3 is 1. The standard InChI is InChI=1S/C21H29N3O3/c1-14(2)8-10-22-20(25)6-7-21(26)24-11-9-19-17(13-24)16-12-15(27-3)4-5-18(16)23-19/h4-5,12,14,23H,6-11,13H2,1-3H3,(H,22,25). The summed E-state index contributed by atoms with van der Waals surface area (Å²) in [6.07, 6.45) is 2.27. The van der Waals surface area contributed by atoms with Crippen LogP contribution < -0.4 is 10.1 Å². The molecule has 2 aromatic rings. The highest BCUT2D eigenvalue weighted by Gasteiger charge is 2.24. The van der Waals surface area contributed by atoms with Crippen LogP contribution in [0.25, 0.3) is 10.9 Å². The number of amides is 2. The summed E-state index contributed by atoms with van der Waals surface area (Å²) in [6.45, 7) is 6.19. The molecule has 0 spiro atoms. The van der Waals surface area contributed by atoms with Crippen LogP contribution in [0, 0.1) is 5.92 Å². The summed E-state index contributed by atoms with van der Waals surface area (Å²) in [6, 6.07) is 5.96. The summed E-state index contributed by atoms with van der Waals surface area (Å²) < 4.78 is 5.33. The number of benzene rings is 1. The van der Waals surface area contributed by atoms with E-state index < -0.39 is 0 Å². The van der Waals surface area contributed by atoms with Gasteiger partial charge in [0.25, 0.3) is 0 Å². The van der Waals surface area contributed by atoms with Gasteiger partial charge < -0.3 is 19.9 Å². The fraction of sp³-hybridized carbons (Fsp3) is 0.524. The number of hydrogen-bond acceptors (Lipinski definition) is 3. The molecule has 0 atom stereocenters. The highest BCUT2D eigenvalue weighted by molar-refractivity contribution is 5.88. The van der Waals surface area contributed by atoms with Crippen molar-refractivity contribution < 1.29 is 14.3 Å². The molecule has 1 aliphatic heterocycles. The van der Waals surface area contributed by atoms with Crippen molar-refractivity contribution in [3.63, 3.8) is 0 Å². The number of nitrogens with zero attached hydrogens (tertiary/aromatic N) is 1. The van der Waals surface area contributed by atoms with Gasteiger partial charge in [-0.05, 0) is 30.5 Å². The highest BCUT2D eigenvalue weighted by Crippen LogP contribution is 2.30. The van der Waals surface area contributed by atoms with Gasteiger partial charge in [0.2, 0.25) is 11.8 Å². The van der Waals surface area contributed by atoms with Crippen molar-refractivity contribution in [2.24, 2.45) is 5.92 Å². The van der Waals surface area contributed by atoms with Crippen molar-refractivity contribution in [3.8, 4) is 5.75 Å². The molecule has 0 unspecified atom stereocenters. The summed E-state index contributed by atoms with van der Waals surface area (Å²) >= 11 is 0. The predicted molar refractivity (Wildman–Crippen MR) is 106 cm³/mol. The van der Waals surface area contributed by atoms with Crippen LogP contribution in [0.4, 0.5) is 0 Å². The van der Waals surface area contributed by atoms with Crippen LogP contribution in [0.5, 0.6) is 5.75 Å². The molecule has 2 amide bonds. The van der Waals surface area contributed by atoms with E-state index in [1.807, 2.05) is 23.1 Å². The van der Waals surface area contributed by atoms with Crippen molar-refractivity contribution >= 4 is 22.7 Å². The molecule has 0 radical (unpaired) electrons. The molecule has 2 N–H and O–H groups in total. The zero-order valence-corrected chi connectivity index (χ0v) is 16.4. The number of hydrogen-bond donors (Lipinski definition) is 2. The van der Waals surface area contributed by atoms with Gasteiger partial charge in [0.15, 0.2) is 0 Å². The minimum atomic E-state index is -0.0430. The lowest BCUT2D eigenvalue weighted by atomic mass is 10.0. The number of carbonyl (C=O) groups excluding carboxylic acids is 2. The Labute approximate surface area is 160 Å². The maximum Gasteiger partial charge on any atom is 0.223 e. The zero-order valence-electron chi connectivity index (χ0n) is 16.4. The Hall–Kier alpha value is -2.50. The third kappa shape index (κ3) is 4.62. The molecule has 0 saturated carbocycles. The summed E-state index contributed by atoms with van der Waals surface area (Å²) in [7, 11) is 1.66. The first-order valence-corrected chi connectivity index (χ1v) is 9.70. The maximum absolute atomic E-state index is 12.6. The normalized spacial score (nSPS) is 13.7. The Bertz CT molecular complexity index is 825. The van der Waals surface area contributed by atoms with E-state index in [0.717, 1.165) is 35.1 Å². The molecule has 0 saturated heterocycles. The minimum absolute atomic E-state index is 0.0388. The van der Waals surface area contributed by atoms with Crippen LogP contribution >= 0.6 is 0 Å². The molecule has 0 aliphatic carbocycles. The van der Waals surface area contributed by atoms with Gasteiger partial charge in [0, 0.05) is 61.1 Å². The minimum Gasteiger partial charge on any atom is -0.497 e. The van der Waals surface area contributed by atoms with Crippen LogP contribution in [-0.2, 0) is 22.6 Å². The van der Waals surface area contributed by atoms with Gasteiger partial charge in [-0.3, -0.25) is 9.59 Å². The smallest absolute Gasteiger partial charge is 0.223 e. The maximum atomic E-state index is 12.6. The summed E-state index contributed by atoms with van der Waals surface area (Å²) in [4.78, 5) is 29.8. The second-order valence-electron chi connectivity index (χ2n) is 7.59. The van der Waals surface area contributed by atoms with Crippen LogP contribution in [0.3, 0.4) is 0 Å². The SMILES string of the molecule is COc1ccc2[nH]c3c(c2c1)CN(C(=O)CCC(=O)NCCC(C)C)CC3. The van der Waals surface area contributed by atoms with Crippen molar-refractivity contribution in [1.29, 1.82) is 0 Å². The third-order valence-electron chi connectivity index (χ3n) is 5.14. The topological polar surface area (TPSA) is 74.4 Å². The Morgan fingerprint density at radius 2 is 2.11 bits per heavy atom. The molecule has 1 aromatic carbocycles. The summed E-state index contributed by atoms with van der Waals surface area (Å²) in [5, 5.41) is 4.00. The van der Waals surface area contributed by atoms with E-state index in [-0.39, 0.29) is 24.7 Å². The Kier molecular flexibility index (Phi) is 6.04. The lowest BCUT2D eigenvalue weighted by molar-refractivity contribution is -0.134.